The van der Waals surface area contributed by atoms with Crippen LogP contribution in [0.2, 0.25) is 5.15 Å². The summed E-state index contributed by atoms with van der Waals surface area (Å²) in [7, 11) is -7.78. The highest BCUT2D eigenvalue weighted by Crippen LogP contribution is 2.65. The summed E-state index contributed by atoms with van der Waals surface area (Å²) >= 11 is 22.2. The molecule has 16 nitrogen and oxygen atoms in total. The topological polar surface area (TPSA) is 216 Å². The van der Waals surface area contributed by atoms with Crippen molar-refractivity contribution >= 4 is 199 Å². The maximum absolute atomic E-state index is 14.1. The van der Waals surface area contributed by atoms with Crippen molar-refractivity contribution in [3.63, 3.8) is 0 Å². The Morgan fingerprint density at radius 2 is 1.00 bits per heavy atom. The van der Waals surface area contributed by atoms with Crippen LogP contribution < -0.4 is 0 Å². The molecule has 0 fully saturated rings. The molecular formula is C74H83Br3ClF2N5O11P2S6. The van der Waals surface area contributed by atoms with Crippen LogP contribution in [0.25, 0.3) is 51.0 Å². The zero-order valence-electron chi connectivity index (χ0n) is 60.0. The minimum atomic E-state index is -3.64. The maximum Gasteiger partial charge on any atom is 0.348 e. The number of pyridine rings is 5. The number of alkyl halides is 1. The molecule has 12 rings (SSSR count). The number of aliphatic hydroxyl groups is 1. The zero-order valence-corrected chi connectivity index (χ0v) is 72.2. The number of ketones is 1. The molecule has 0 aliphatic carbocycles. The fourth-order valence-electron chi connectivity index (χ4n) is 10.3. The number of Topliss-reactive ketones (excluding diaryl/α,β-unsaturated/α-hetero) is 1. The number of thiophene rings is 5. The Balaban J connectivity index is 0.000000202. The van der Waals surface area contributed by atoms with Crippen LogP contribution in [0.1, 0.15) is 148 Å². The standard InChI is InChI=1S/C23H27F2O3PS.C15H22NO3PS.C11H11NO2S.C9H8BrNS.C9H9NOS.C7H6ClNO.Br2OS/c1-14(2)27-29(26,28-15(3)4)21(13-17-10-11-19(24)20(25)12-17)23-16(5)18-8-6-7-9-22(18)30-23;1-10(2)18-20(17,19-11(3)4)9-14-12(5)13-7-6-8-16-15(13)21-14;1-3-14-11(13)9-7(2)8-5-4-6-12-10(8)15-9;1-6-7-3-2-4-11-9(7)12-8(6)5-10;1-6-7-3-2-4-10-9(7)12-8(6)5-11;1-5(10)6-3-2-4-9-7(6)8;1-4(2)3/h6-12,14-15,21H,13H2,1-5H3;6-8,10-11H,9H2,1-5H3;4-6H,3H2,1-2H3;2-4H,5H2,1H3;2-4,11H,5H2,1H3;2-4H,1H3;. The number of benzene rings is 2. The van der Waals surface area contributed by atoms with Crippen molar-refractivity contribution in [2.24, 2.45) is 0 Å². The average Bonchev–Trinajstić information content (AvgIpc) is 1.60. The highest BCUT2D eigenvalue weighted by molar-refractivity contribution is 9.78. The molecule has 0 aliphatic heterocycles. The van der Waals surface area contributed by atoms with Gasteiger partial charge in [0, 0.05) is 112 Å². The number of aromatic nitrogens is 5. The molecule has 0 aliphatic rings. The summed E-state index contributed by atoms with van der Waals surface area (Å²) in [6.07, 6.45) is 8.27. The number of aryl methyl sites for hydroxylation is 5. The van der Waals surface area contributed by atoms with E-state index >= 15 is 0 Å². The Bertz CT molecular complexity index is 4850. The molecule has 1 N–H and O–H groups in total. The van der Waals surface area contributed by atoms with Crippen LogP contribution in [0, 0.1) is 46.3 Å². The van der Waals surface area contributed by atoms with Gasteiger partial charge in [-0.15, -0.1) is 56.7 Å². The number of carbonyl (C=O) groups excluding carboxylic acids is 2. The van der Waals surface area contributed by atoms with Gasteiger partial charge in [0.15, 0.2) is 25.1 Å². The quantitative estimate of drug-likeness (QED) is 0.0199. The Kier molecular flexibility index (Phi) is 35.7. The number of carbonyl (C=O) groups is 2. The first-order chi connectivity index (χ1) is 49.2. The van der Waals surface area contributed by atoms with E-state index in [0.717, 1.165) is 99.9 Å². The second-order valence-electron chi connectivity index (χ2n) is 24.0. The lowest BCUT2D eigenvalue weighted by atomic mass is 10.0. The number of ether oxygens (including phenoxy) is 1. The SMILES string of the molecule is CC(=O)c1cccnc1Cl.CCOC(=O)c1sc2ncccc2c1C.Cc1c(C(Cc2ccc(F)c(F)c2)P(=O)(OC(C)C)OC(C)C)sc2ccccc12.Cc1c(CBr)sc2ncccc12.Cc1c(CO)sc2ncccc12.Cc1c(CP(=O)(OC(C)C)OC(C)C)sc2ncccc12.O=S(Br)Br. The van der Waals surface area contributed by atoms with E-state index in [2.05, 4.69) is 83.5 Å². The molecule has 30 heteroatoms. The second-order valence-corrected chi connectivity index (χ2v) is 40.8. The minimum absolute atomic E-state index is 0.0573. The lowest BCUT2D eigenvalue weighted by Crippen LogP contribution is -2.15. The van der Waals surface area contributed by atoms with Crippen LogP contribution in [0.4, 0.5) is 8.78 Å². The lowest BCUT2D eigenvalue weighted by molar-refractivity contribution is 0.0531. The Labute approximate surface area is 657 Å². The summed E-state index contributed by atoms with van der Waals surface area (Å²) in [6.45, 7) is 28.6. The first kappa shape index (κ1) is 88.0. The fraction of sp³-hybridized carbons (Fsp3) is 0.338. The van der Waals surface area contributed by atoms with Gasteiger partial charge in [-0.25, -0.2) is 42.7 Å². The molecule has 104 heavy (non-hydrogen) atoms. The number of fused-ring (bicyclic) bond motifs is 5. The van der Waals surface area contributed by atoms with Gasteiger partial charge in [0.1, 0.15) is 29.4 Å². The summed E-state index contributed by atoms with van der Waals surface area (Å²) in [6, 6.07) is 30.9. The molecule has 1 atom stereocenters. The molecular weight excluding hydrogens is 1700 g/mol. The predicted octanol–water partition coefficient (Wildman–Crippen LogP) is 24.6. The molecule has 12 aromatic rings. The zero-order chi connectivity index (χ0) is 76.8. The normalized spacial score (nSPS) is 11.7. The highest BCUT2D eigenvalue weighted by Gasteiger charge is 2.41. The highest BCUT2D eigenvalue weighted by atomic mass is 79.9. The lowest BCUT2D eigenvalue weighted by Gasteiger charge is -2.30. The van der Waals surface area contributed by atoms with Gasteiger partial charge in [-0.1, -0.05) is 76.1 Å². The van der Waals surface area contributed by atoms with Gasteiger partial charge in [-0.05, 0) is 204 Å². The summed E-state index contributed by atoms with van der Waals surface area (Å²) in [5.74, 6) is -2.15. The van der Waals surface area contributed by atoms with Gasteiger partial charge < -0.3 is 27.9 Å². The number of aliphatic hydroxyl groups excluding tert-OH is 1. The minimum Gasteiger partial charge on any atom is -0.462 e. The smallest absolute Gasteiger partial charge is 0.348 e. The third kappa shape index (κ3) is 25.4. The van der Waals surface area contributed by atoms with Gasteiger partial charge in [0.25, 0.3) is 0 Å². The fourth-order valence-corrected chi connectivity index (χ4v) is 22.2. The average molecular weight is 1790 g/mol. The Hall–Kier alpha value is -4.87. The number of hydrogen-bond donors (Lipinski definition) is 1. The van der Waals surface area contributed by atoms with Crippen molar-refractivity contribution in [2.45, 2.75) is 158 Å². The van der Waals surface area contributed by atoms with Gasteiger partial charge in [-0.2, -0.15) is 0 Å². The first-order valence-electron chi connectivity index (χ1n) is 32.6. The number of nitrogens with zero attached hydrogens (tertiary/aromatic N) is 5. The van der Waals surface area contributed by atoms with Crippen LogP contribution in [0.5, 0.6) is 0 Å². The molecule has 0 saturated heterocycles. The molecule has 0 amide bonds. The van der Waals surface area contributed by atoms with Crippen molar-refractivity contribution in [1.82, 2.24) is 24.9 Å². The molecule has 0 saturated carbocycles. The predicted molar refractivity (Wildman–Crippen MR) is 440 cm³/mol. The number of esters is 1. The molecule has 0 spiro atoms. The third-order valence-corrected chi connectivity index (χ3v) is 27.5. The van der Waals surface area contributed by atoms with E-state index in [4.69, 9.17) is 39.5 Å². The Morgan fingerprint density at radius 3 is 1.42 bits per heavy atom. The van der Waals surface area contributed by atoms with Crippen LogP contribution in [0.3, 0.4) is 0 Å². The second kappa shape index (κ2) is 42.2. The summed E-state index contributed by atoms with van der Waals surface area (Å²) in [5, 5.41) is 15.9. The summed E-state index contributed by atoms with van der Waals surface area (Å²) in [4.78, 5) is 52.1. The van der Waals surface area contributed by atoms with E-state index in [9.17, 15) is 31.7 Å². The van der Waals surface area contributed by atoms with Crippen LogP contribution >= 0.6 is 129 Å². The van der Waals surface area contributed by atoms with Crippen LogP contribution in [-0.2, 0) is 64.1 Å². The first-order valence-corrected chi connectivity index (χ1v) is 46.4. The van der Waals surface area contributed by atoms with Gasteiger partial charge in [-0.3, -0.25) is 13.9 Å². The molecule has 10 heterocycles. The molecule has 10 aromatic heterocycles. The third-order valence-electron chi connectivity index (χ3n) is 14.8. The molecule has 0 radical (unpaired) electrons. The number of rotatable bonds is 19. The summed E-state index contributed by atoms with van der Waals surface area (Å²) in [5.41, 5.74) is 5.97. The van der Waals surface area contributed by atoms with E-state index in [1.165, 1.54) is 51.5 Å². The maximum atomic E-state index is 14.1. The van der Waals surface area contributed by atoms with E-state index < -0.39 is 40.2 Å². The molecule has 0 bridgehead atoms. The van der Waals surface area contributed by atoms with E-state index in [1.807, 2.05) is 156 Å². The van der Waals surface area contributed by atoms with Gasteiger partial charge in [0.2, 0.25) is 0 Å². The van der Waals surface area contributed by atoms with E-state index in [1.54, 1.807) is 77.9 Å². The Morgan fingerprint density at radius 1 is 0.567 bits per heavy atom. The monoisotopic (exact) mass is 1780 g/mol. The summed E-state index contributed by atoms with van der Waals surface area (Å²) < 4.78 is 93.0. The largest absolute Gasteiger partial charge is 0.462 e. The van der Waals surface area contributed by atoms with Crippen molar-refractivity contribution in [2.75, 3.05) is 6.61 Å². The number of hydrogen-bond acceptors (Lipinski definition) is 21. The molecule has 558 valence electrons. The van der Waals surface area contributed by atoms with Crippen molar-refractivity contribution in [1.29, 1.82) is 0 Å². The van der Waals surface area contributed by atoms with Crippen molar-refractivity contribution < 1.29 is 59.6 Å². The van der Waals surface area contributed by atoms with E-state index in [-0.39, 0.29) is 54.3 Å². The van der Waals surface area contributed by atoms with E-state index in [0.29, 0.717) is 28.8 Å². The molecule has 2 aromatic carbocycles. The van der Waals surface area contributed by atoms with Crippen LogP contribution in [0.15, 0.2) is 134 Å². The van der Waals surface area contributed by atoms with Crippen molar-refractivity contribution in [3.8, 4) is 0 Å². The van der Waals surface area contributed by atoms with Gasteiger partial charge >= 0.3 is 21.2 Å². The number of halogens is 6. The molecule has 1 unspecified atom stereocenters. The van der Waals surface area contributed by atoms with Crippen molar-refractivity contribution in [3.05, 3.63) is 214 Å². The van der Waals surface area contributed by atoms with Crippen LogP contribution in [-0.4, -0.2) is 77.0 Å². The van der Waals surface area contributed by atoms with Gasteiger partial charge in [0.05, 0.1) is 55.0 Å².